The van der Waals surface area contributed by atoms with Gasteiger partial charge in [0.2, 0.25) is 0 Å². The molecule has 3 rings (SSSR count). The molecule has 0 bridgehead atoms. The number of benzene rings is 1. The van der Waals surface area contributed by atoms with Gasteiger partial charge in [-0.25, -0.2) is 9.78 Å². The van der Waals surface area contributed by atoms with Gasteiger partial charge in [-0.2, -0.15) is 8.78 Å². The third kappa shape index (κ3) is 2.24. The van der Waals surface area contributed by atoms with E-state index in [0.29, 0.717) is 4.57 Å². The van der Waals surface area contributed by atoms with Gasteiger partial charge in [0, 0.05) is 18.5 Å². The minimum absolute atomic E-state index is 0.00866. The molecule has 0 radical (unpaired) electrons. The molecular formula is C12H8F2N4O4. The van der Waals surface area contributed by atoms with E-state index in [9.17, 15) is 23.7 Å². The van der Waals surface area contributed by atoms with Crippen molar-refractivity contribution in [1.82, 2.24) is 14.1 Å². The lowest BCUT2D eigenvalue weighted by atomic mass is 10.3. The van der Waals surface area contributed by atoms with Crippen LogP contribution in [0.3, 0.4) is 0 Å². The van der Waals surface area contributed by atoms with Crippen LogP contribution in [0.2, 0.25) is 0 Å². The van der Waals surface area contributed by atoms with E-state index < -0.39 is 17.2 Å². The molecule has 2 aromatic heterocycles. The van der Waals surface area contributed by atoms with E-state index in [4.69, 9.17) is 4.42 Å². The Morgan fingerprint density at radius 1 is 1.41 bits per heavy atom. The molecule has 2 heterocycles. The van der Waals surface area contributed by atoms with E-state index in [0.717, 1.165) is 16.8 Å². The topological polar surface area (TPSA) is 96.1 Å². The Kier molecular flexibility index (Phi) is 3.20. The largest absolute Gasteiger partial charge is 0.420 e. The highest BCUT2D eigenvalue weighted by Crippen LogP contribution is 2.21. The number of nitrogens with zero attached hydrogens (tertiary/aromatic N) is 4. The van der Waals surface area contributed by atoms with Crippen LogP contribution >= 0.6 is 0 Å². The molecule has 0 spiro atoms. The van der Waals surface area contributed by atoms with Crippen LogP contribution in [0.1, 0.15) is 12.4 Å². The minimum atomic E-state index is -2.78. The fourth-order valence-electron chi connectivity index (χ4n) is 2.10. The maximum atomic E-state index is 12.8. The molecule has 0 saturated carbocycles. The quantitative estimate of drug-likeness (QED) is 0.543. The summed E-state index contributed by atoms with van der Waals surface area (Å²) < 4.78 is 32.2. The van der Waals surface area contributed by atoms with Crippen molar-refractivity contribution in [2.45, 2.75) is 13.1 Å². The Bertz CT molecular complexity index is 911. The number of halogens is 2. The first-order chi connectivity index (χ1) is 10.5. The maximum Gasteiger partial charge on any atom is 0.420 e. The highest BCUT2D eigenvalue weighted by Gasteiger charge is 2.17. The van der Waals surface area contributed by atoms with E-state index in [-0.39, 0.29) is 29.2 Å². The molecule has 22 heavy (non-hydrogen) atoms. The Hall–Kier alpha value is -3.04. The van der Waals surface area contributed by atoms with E-state index >= 15 is 0 Å². The molecule has 0 aliphatic rings. The van der Waals surface area contributed by atoms with Crippen molar-refractivity contribution < 1.29 is 18.1 Å². The first kappa shape index (κ1) is 13.9. The average Bonchev–Trinajstić information content (AvgIpc) is 3.04. The van der Waals surface area contributed by atoms with E-state index in [2.05, 4.69) is 4.98 Å². The zero-order valence-corrected chi connectivity index (χ0v) is 10.8. The second kappa shape index (κ2) is 5.06. The third-order valence-electron chi connectivity index (χ3n) is 3.12. The molecule has 0 fully saturated rings. The standard InChI is InChI=1S/C12H8F2N4O4/c13-11(14)16-4-3-15-10(16)6-17-8-2-1-7(18(20)21)5-9(8)22-12(17)19/h1-5,11H,6H2. The number of fused-ring (bicyclic) bond motifs is 1. The normalized spacial score (nSPS) is 11.4. The smallest absolute Gasteiger partial charge is 0.407 e. The molecule has 0 unspecified atom stereocenters. The summed E-state index contributed by atoms with van der Waals surface area (Å²) in [5.74, 6) is -0.836. The number of hydrogen-bond donors (Lipinski definition) is 0. The van der Waals surface area contributed by atoms with Crippen molar-refractivity contribution in [1.29, 1.82) is 0 Å². The van der Waals surface area contributed by atoms with Crippen LogP contribution in [0.4, 0.5) is 14.5 Å². The van der Waals surface area contributed by atoms with Gasteiger partial charge in [0.05, 0.1) is 23.1 Å². The molecule has 0 amide bonds. The van der Waals surface area contributed by atoms with Crippen molar-refractivity contribution in [3.05, 3.63) is 57.1 Å². The van der Waals surface area contributed by atoms with Crippen LogP contribution in [0, 0.1) is 10.1 Å². The van der Waals surface area contributed by atoms with Gasteiger partial charge in [-0.05, 0) is 6.07 Å². The van der Waals surface area contributed by atoms with Crippen LogP contribution in [-0.4, -0.2) is 19.0 Å². The molecular weight excluding hydrogens is 302 g/mol. The highest BCUT2D eigenvalue weighted by molar-refractivity contribution is 5.75. The summed E-state index contributed by atoms with van der Waals surface area (Å²) in [4.78, 5) is 25.7. The third-order valence-corrected chi connectivity index (χ3v) is 3.12. The number of hydrogen-bond acceptors (Lipinski definition) is 5. The lowest BCUT2D eigenvalue weighted by Crippen LogP contribution is -2.18. The number of non-ortho nitro benzene ring substituents is 1. The number of imidazole rings is 1. The van der Waals surface area contributed by atoms with Crippen molar-refractivity contribution >= 4 is 16.8 Å². The fourth-order valence-corrected chi connectivity index (χ4v) is 2.10. The summed E-state index contributed by atoms with van der Waals surface area (Å²) in [7, 11) is 0. The molecule has 0 aliphatic carbocycles. The summed E-state index contributed by atoms with van der Waals surface area (Å²) in [5, 5.41) is 10.7. The van der Waals surface area contributed by atoms with E-state index in [1.807, 2.05) is 0 Å². The maximum absolute atomic E-state index is 12.8. The second-order valence-corrected chi connectivity index (χ2v) is 4.39. The molecule has 3 aromatic rings. The van der Waals surface area contributed by atoms with Gasteiger partial charge in [-0.3, -0.25) is 19.2 Å². The number of oxazole rings is 1. The molecule has 0 aliphatic heterocycles. The summed E-state index contributed by atoms with van der Waals surface area (Å²) >= 11 is 0. The zero-order chi connectivity index (χ0) is 15.9. The SMILES string of the molecule is O=c1oc2cc([N+](=O)[O-])ccc2n1Cc1nccn1C(F)F. The zero-order valence-electron chi connectivity index (χ0n) is 10.8. The van der Waals surface area contributed by atoms with Crippen molar-refractivity contribution in [2.75, 3.05) is 0 Å². The van der Waals surface area contributed by atoms with Gasteiger partial charge >= 0.3 is 12.3 Å². The second-order valence-electron chi connectivity index (χ2n) is 4.39. The Balaban J connectivity index is 2.07. The van der Waals surface area contributed by atoms with Gasteiger partial charge in [-0.1, -0.05) is 0 Å². The van der Waals surface area contributed by atoms with E-state index in [1.54, 1.807) is 0 Å². The summed E-state index contributed by atoms with van der Waals surface area (Å²) in [6, 6.07) is 3.63. The molecule has 1 aromatic carbocycles. The van der Waals surface area contributed by atoms with E-state index in [1.165, 1.54) is 18.3 Å². The minimum Gasteiger partial charge on any atom is -0.407 e. The monoisotopic (exact) mass is 310 g/mol. The number of rotatable bonds is 4. The Morgan fingerprint density at radius 3 is 2.86 bits per heavy atom. The predicted octanol–water partition coefficient (Wildman–Crippen LogP) is 2.14. The number of aromatic nitrogens is 3. The van der Waals surface area contributed by atoms with Crippen LogP contribution in [-0.2, 0) is 6.54 Å². The molecule has 10 heteroatoms. The lowest BCUT2D eigenvalue weighted by Gasteiger charge is -2.06. The first-order valence-corrected chi connectivity index (χ1v) is 6.05. The Morgan fingerprint density at radius 2 is 2.18 bits per heavy atom. The number of nitro benzene ring substituents is 1. The summed E-state index contributed by atoms with van der Waals surface area (Å²) in [6.07, 6.45) is 2.29. The van der Waals surface area contributed by atoms with Crippen molar-refractivity contribution in [3.63, 3.8) is 0 Å². The predicted molar refractivity (Wildman–Crippen MR) is 69.7 cm³/mol. The number of nitro groups is 1. The summed E-state index contributed by atoms with van der Waals surface area (Å²) in [6.45, 7) is -3.02. The van der Waals surface area contributed by atoms with Crippen LogP contribution in [0.25, 0.3) is 11.1 Å². The average molecular weight is 310 g/mol. The van der Waals surface area contributed by atoms with Crippen LogP contribution in [0.15, 0.2) is 39.8 Å². The number of alkyl halides is 2. The molecule has 0 saturated heterocycles. The van der Waals surface area contributed by atoms with Crippen molar-refractivity contribution in [2.24, 2.45) is 0 Å². The first-order valence-electron chi connectivity index (χ1n) is 6.05. The molecule has 0 N–H and O–H groups in total. The van der Waals surface area contributed by atoms with Crippen molar-refractivity contribution in [3.8, 4) is 0 Å². The summed E-state index contributed by atoms with van der Waals surface area (Å²) in [5.41, 5.74) is 0.0382. The molecule has 114 valence electrons. The highest BCUT2D eigenvalue weighted by atomic mass is 19.3. The van der Waals surface area contributed by atoms with Gasteiger partial charge in [0.15, 0.2) is 5.58 Å². The lowest BCUT2D eigenvalue weighted by molar-refractivity contribution is -0.384. The van der Waals surface area contributed by atoms with Gasteiger partial charge < -0.3 is 4.42 Å². The fraction of sp³-hybridized carbons (Fsp3) is 0.167. The van der Waals surface area contributed by atoms with Crippen LogP contribution < -0.4 is 5.76 Å². The van der Waals surface area contributed by atoms with Gasteiger partial charge in [0.1, 0.15) is 5.82 Å². The van der Waals surface area contributed by atoms with Gasteiger partial charge in [-0.15, -0.1) is 0 Å². The molecule has 8 nitrogen and oxygen atoms in total. The molecule has 0 atom stereocenters. The van der Waals surface area contributed by atoms with Crippen LogP contribution in [0.5, 0.6) is 0 Å². The Labute approximate surface area is 120 Å². The van der Waals surface area contributed by atoms with Gasteiger partial charge in [0.25, 0.3) is 5.69 Å².